The second-order valence-electron chi connectivity index (χ2n) is 4.20. The molecule has 0 amide bonds. The Labute approximate surface area is 107 Å². The van der Waals surface area contributed by atoms with E-state index in [-0.39, 0.29) is 5.54 Å². The topological polar surface area (TPSA) is 38.9 Å². The van der Waals surface area contributed by atoms with Crippen LogP contribution in [0, 0.1) is 0 Å². The molecular weight excluding hydrogens is 284 g/mol. The van der Waals surface area contributed by atoms with Crippen molar-refractivity contribution in [1.29, 1.82) is 0 Å². The second-order valence-corrected chi connectivity index (χ2v) is 5.98. The van der Waals surface area contributed by atoms with Crippen LogP contribution in [0.1, 0.15) is 17.8 Å². The van der Waals surface area contributed by atoms with Crippen LogP contribution in [0.15, 0.2) is 34.1 Å². The van der Waals surface area contributed by atoms with E-state index < -0.39 is 0 Å². The number of halogens is 1. The largest absolute Gasteiger partial charge is 0.319 e. The van der Waals surface area contributed by atoms with E-state index >= 15 is 0 Å². The lowest BCUT2D eigenvalue weighted by molar-refractivity contribution is 0.732. The zero-order valence-corrected chi connectivity index (χ0v) is 11.0. The first-order chi connectivity index (χ1) is 7.67. The van der Waals surface area contributed by atoms with Crippen molar-refractivity contribution in [1.82, 2.24) is 4.98 Å². The molecule has 0 spiro atoms. The van der Waals surface area contributed by atoms with E-state index in [2.05, 4.69) is 38.4 Å². The third-order valence-corrected chi connectivity index (χ3v) is 4.39. The Morgan fingerprint density at radius 1 is 1.38 bits per heavy atom. The van der Waals surface area contributed by atoms with Gasteiger partial charge in [0.15, 0.2) is 0 Å². The molecule has 82 valence electrons. The highest BCUT2D eigenvalue weighted by atomic mass is 79.9. The van der Waals surface area contributed by atoms with Crippen LogP contribution in [0.3, 0.4) is 0 Å². The van der Waals surface area contributed by atoms with Crippen molar-refractivity contribution >= 4 is 27.3 Å². The molecule has 1 heterocycles. The average Bonchev–Trinajstić information content (AvgIpc) is 2.83. The predicted octanol–water partition coefficient (Wildman–Crippen LogP) is 3.52. The maximum absolute atomic E-state index is 6.13. The van der Waals surface area contributed by atoms with Crippen molar-refractivity contribution in [2.24, 2.45) is 5.73 Å². The summed E-state index contributed by atoms with van der Waals surface area (Å²) in [6.45, 7) is 0. The van der Waals surface area contributed by atoms with E-state index in [9.17, 15) is 0 Å². The number of rotatable bonds is 2. The van der Waals surface area contributed by atoms with E-state index in [0.29, 0.717) is 0 Å². The van der Waals surface area contributed by atoms with Gasteiger partial charge in [-0.05, 0) is 25.0 Å². The maximum Gasteiger partial charge on any atom is 0.113 e. The smallest absolute Gasteiger partial charge is 0.113 e. The van der Waals surface area contributed by atoms with Crippen molar-refractivity contribution in [3.8, 4) is 11.3 Å². The third kappa shape index (κ3) is 1.81. The fraction of sp³-hybridized carbons (Fsp3) is 0.250. The summed E-state index contributed by atoms with van der Waals surface area (Å²) in [6, 6.07) is 8.18. The number of nitrogens with two attached hydrogens (primary N) is 1. The van der Waals surface area contributed by atoms with Gasteiger partial charge in [0.1, 0.15) is 5.01 Å². The average molecular weight is 295 g/mol. The highest BCUT2D eigenvalue weighted by Crippen LogP contribution is 2.44. The molecule has 0 bridgehead atoms. The Morgan fingerprint density at radius 2 is 2.19 bits per heavy atom. The zero-order valence-electron chi connectivity index (χ0n) is 8.61. The Balaban J connectivity index is 1.98. The molecule has 1 aromatic carbocycles. The van der Waals surface area contributed by atoms with Crippen LogP contribution < -0.4 is 5.73 Å². The van der Waals surface area contributed by atoms with Gasteiger partial charge in [-0.25, -0.2) is 4.98 Å². The fourth-order valence-electron chi connectivity index (χ4n) is 1.63. The minimum absolute atomic E-state index is 0.116. The maximum atomic E-state index is 6.13. The molecule has 0 unspecified atom stereocenters. The third-order valence-electron chi connectivity index (χ3n) is 2.84. The summed E-state index contributed by atoms with van der Waals surface area (Å²) in [4.78, 5) is 4.63. The van der Waals surface area contributed by atoms with Crippen LogP contribution in [0.2, 0.25) is 0 Å². The highest BCUT2D eigenvalue weighted by Gasteiger charge is 2.42. The van der Waals surface area contributed by atoms with E-state index in [1.54, 1.807) is 11.3 Å². The molecule has 2 aromatic rings. The standard InChI is InChI=1S/C12H11BrN2S/c13-9-3-1-2-8(6-9)10-7-16-11(15-10)12(14)4-5-12/h1-3,6-7H,4-5,14H2. The van der Waals surface area contributed by atoms with Gasteiger partial charge in [0.25, 0.3) is 0 Å². The lowest BCUT2D eigenvalue weighted by atomic mass is 10.2. The molecular formula is C12H11BrN2S. The van der Waals surface area contributed by atoms with Crippen molar-refractivity contribution in [2.45, 2.75) is 18.4 Å². The van der Waals surface area contributed by atoms with Crippen molar-refractivity contribution in [3.05, 3.63) is 39.1 Å². The molecule has 2 nitrogen and oxygen atoms in total. The summed E-state index contributed by atoms with van der Waals surface area (Å²) in [7, 11) is 0. The van der Waals surface area contributed by atoms with Gasteiger partial charge in [0.2, 0.25) is 0 Å². The summed E-state index contributed by atoms with van der Waals surface area (Å²) >= 11 is 5.14. The number of nitrogens with zero attached hydrogens (tertiary/aromatic N) is 1. The summed E-state index contributed by atoms with van der Waals surface area (Å²) in [5.74, 6) is 0. The molecule has 16 heavy (non-hydrogen) atoms. The van der Waals surface area contributed by atoms with Crippen LogP contribution in [0.25, 0.3) is 11.3 Å². The Morgan fingerprint density at radius 3 is 2.88 bits per heavy atom. The van der Waals surface area contributed by atoms with Crippen molar-refractivity contribution < 1.29 is 0 Å². The Hall–Kier alpha value is -0.710. The summed E-state index contributed by atoms with van der Waals surface area (Å²) in [6.07, 6.45) is 2.14. The van der Waals surface area contributed by atoms with E-state index in [4.69, 9.17) is 5.73 Å². The van der Waals surface area contributed by atoms with Crippen molar-refractivity contribution in [3.63, 3.8) is 0 Å². The minimum Gasteiger partial charge on any atom is -0.319 e. The second kappa shape index (κ2) is 3.65. The fourth-order valence-corrected chi connectivity index (χ4v) is 3.03. The van der Waals surface area contributed by atoms with Gasteiger partial charge in [0, 0.05) is 15.4 Å². The number of benzene rings is 1. The summed E-state index contributed by atoms with van der Waals surface area (Å²) in [5, 5.41) is 3.16. The molecule has 1 fully saturated rings. The van der Waals surface area contributed by atoms with Crippen LogP contribution in [0.4, 0.5) is 0 Å². The number of thiazole rings is 1. The van der Waals surface area contributed by atoms with Crippen molar-refractivity contribution in [2.75, 3.05) is 0 Å². The first kappa shape index (κ1) is 10.4. The van der Waals surface area contributed by atoms with E-state index in [0.717, 1.165) is 33.6 Å². The molecule has 1 aromatic heterocycles. The first-order valence-electron chi connectivity index (χ1n) is 5.18. The number of hydrogen-bond donors (Lipinski definition) is 1. The zero-order chi connectivity index (χ0) is 11.2. The molecule has 1 aliphatic carbocycles. The molecule has 1 saturated carbocycles. The molecule has 0 saturated heterocycles. The molecule has 0 atom stereocenters. The summed E-state index contributed by atoms with van der Waals surface area (Å²) < 4.78 is 1.08. The monoisotopic (exact) mass is 294 g/mol. The van der Waals surface area contributed by atoms with Gasteiger partial charge < -0.3 is 5.73 Å². The molecule has 4 heteroatoms. The predicted molar refractivity (Wildman–Crippen MR) is 70.3 cm³/mol. The highest BCUT2D eigenvalue weighted by molar-refractivity contribution is 9.10. The molecule has 2 N–H and O–H groups in total. The van der Waals surface area contributed by atoms with Crippen LogP contribution in [0.5, 0.6) is 0 Å². The minimum atomic E-state index is -0.116. The Kier molecular flexibility index (Phi) is 2.38. The first-order valence-corrected chi connectivity index (χ1v) is 6.85. The summed E-state index contributed by atoms with van der Waals surface area (Å²) in [5.41, 5.74) is 8.18. The van der Waals surface area contributed by atoms with Gasteiger partial charge in [-0.3, -0.25) is 0 Å². The Bertz CT molecular complexity index is 531. The molecule has 3 rings (SSSR count). The van der Waals surface area contributed by atoms with Crippen LogP contribution in [-0.2, 0) is 5.54 Å². The van der Waals surface area contributed by atoms with E-state index in [1.807, 2.05) is 12.1 Å². The SMILES string of the molecule is NC1(c2nc(-c3cccc(Br)c3)cs2)CC1. The number of hydrogen-bond acceptors (Lipinski definition) is 3. The quantitative estimate of drug-likeness (QED) is 0.920. The lowest BCUT2D eigenvalue weighted by Crippen LogP contribution is -2.18. The molecule has 0 radical (unpaired) electrons. The van der Waals surface area contributed by atoms with Crippen LogP contribution in [-0.4, -0.2) is 4.98 Å². The number of aromatic nitrogens is 1. The van der Waals surface area contributed by atoms with Gasteiger partial charge in [-0.1, -0.05) is 28.1 Å². The normalized spacial score (nSPS) is 17.4. The van der Waals surface area contributed by atoms with E-state index in [1.165, 1.54) is 0 Å². The van der Waals surface area contributed by atoms with Crippen LogP contribution >= 0.6 is 27.3 Å². The van der Waals surface area contributed by atoms with Gasteiger partial charge in [0.05, 0.1) is 11.2 Å². The van der Waals surface area contributed by atoms with Gasteiger partial charge in [-0.2, -0.15) is 0 Å². The molecule has 1 aliphatic rings. The van der Waals surface area contributed by atoms with Gasteiger partial charge in [-0.15, -0.1) is 11.3 Å². The molecule has 0 aliphatic heterocycles. The lowest BCUT2D eigenvalue weighted by Gasteiger charge is -2.02. The van der Waals surface area contributed by atoms with Gasteiger partial charge >= 0.3 is 0 Å².